The number of hydrogen-bond donors (Lipinski definition) is 0. The van der Waals surface area contributed by atoms with E-state index in [1.54, 1.807) is 18.3 Å². The molecule has 31 heavy (non-hydrogen) atoms. The van der Waals surface area contributed by atoms with Crippen molar-refractivity contribution >= 4 is 28.8 Å². The average Bonchev–Trinajstić information content (AvgIpc) is 3.27. The standard InChI is InChI=1S/C24H32N4O2S/c1-19(29)22-15-21(18-31-22)17-26-10-4-5-20(16-26)7-8-24(30)28-13-11-27(12-14-28)23-6-2-3-9-25-23/h2-3,6,9,15,18,20H,4-5,7-8,10-14,16-17H2,1H3/t20-/m1/s1. The predicted molar refractivity (Wildman–Crippen MR) is 125 cm³/mol. The molecule has 0 radical (unpaired) electrons. The molecule has 0 aromatic carbocycles. The number of amides is 1. The van der Waals surface area contributed by atoms with E-state index in [1.807, 2.05) is 35.4 Å². The molecule has 2 aliphatic rings. The van der Waals surface area contributed by atoms with Crippen molar-refractivity contribution in [3.8, 4) is 0 Å². The molecule has 2 fully saturated rings. The highest BCUT2D eigenvalue weighted by Crippen LogP contribution is 2.25. The van der Waals surface area contributed by atoms with Crippen LogP contribution in [0.5, 0.6) is 0 Å². The molecule has 2 aliphatic heterocycles. The molecule has 0 spiro atoms. The number of piperidine rings is 1. The zero-order valence-electron chi connectivity index (χ0n) is 18.3. The number of rotatable bonds is 7. The number of thiophene rings is 1. The molecule has 0 bridgehead atoms. The number of hydrogen-bond acceptors (Lipinski definition) is 6. The summed E-state index contributed by atoms with van der Waals surface area (Å²) in [6.07, 6.45) is 5.83. The first-order valence-electron chi connectivity index (χ1n) is 11.3. The van der Waals surface area contributed by atoms with Gasteiger partial charge in [0.05, 0.1) is 4.88 Å². The summed E-state index contributed by atoms with van der Waals surface area (Å²) in [5, 5.41) is 2.11. The molecule has 1 atom stereocenters. The molecule has 0 unspecified atom stereocenters. The van der Waals surface area contributed by atoms with E-state index in [0.29, 0.717) is 18.2 Å². The first-order valence-corrected chi connectivity index (χ1v) is 12.2. The molecular weight excluding hydrogens is 408 g/mol. The number of Topliss-reactive ketones (excluding diaryl/α,β-unsaturated/α-hetero) is 1. The van der Waals surface area contributed by atoms with Crippen LogP contribution in [0, 0.1) is 5.92 Å². The highest BCUT2D eigenvalue weighted by atomic mass is 32.1. The Bertz CT molecular complexity index is 877. The van der Waals surface area contributed by atoms with Crippen LogP contribution in [0.15, 0.2) is 35.8 Å². The van der Waals surface area contributed by atoms with Crippen molar-refractivity contribution < 1.29 is 9.59 Å². The van der Waals surface area contributed by atoms with Crippen molar-refractivity contribution in [1.29, 1.82) is 0 Å². The van der Waals surface area contributed by atoms with Gasteiger partial charge in [0.25, 0.3) is 0 Å². The van der Waals surface area contributed by atoms with Gasteiger partial charge in [-0.1, -0.05) is 6.07 Å². The maximum Gasteiger partial charge on any atom is 0.222 e. The van der Waals surface area contributed by atoms with Crippen LogP contribution in [0.2, 0.25) is 0 Å². The van der Waals surface area contributed by atoms with Gasteiger partial charge in [0.2, 0.25) is 5.91 Å². The highest BCUT2D eigenvalue weighted by molar-refractivity contribution is 7.12. The van der Waals surface area contributed by atoms with E-state index in [4.69, 9.17) is 0 Å². The summed E-state index contributed by atoms with van der Waals surface area (Å²) >= 11 is 1.54. The molecule has 2 saturated heterocycles. The number of carbonyl (C=O) groups excluding carboxylic acids is 2. The molecule has 0 aliphatic carbocycles. The van der Waals surface area contributed by atoms with Crippen LogP contribution in [0.4, 0.5) is 5.82 Å². The lowest BCUT2D eigenvalue weighted by atomic mass is 9.93. The second-order valence-corrected chi connectivity index (χ2v) is 9.62. The number of likely N-dealkylation sites (tertiary alicyclic amines) is 1. The summed E-state index contributed by atoms with van der Waals surface area (Å²) in [5.41, 5.74) is 1.23. The van der Waals surface area contributed by atoms with Gasteiger partial charge in [0.15, 0.2) is 5.78 Å². The van der Waals surface area contributed by atoms with Crippen LogP contribution in [-0.4, -0.2) is 65.7 Å². The zero-order valence-corrected chi connectivity index (χ0v) is 19.1. The van der Waals surface area contributed by atoms with E-state index in [2.05, 4.69) is 20.2 Å². The van der Waals surface area contributed by atoms with Gasteiger partial charge in [0.1, 0.15) is 5.82 Å². The molecule has 0 saturated carbocycles. The van der Waals surface area contributed by atoms with E-state index >= 15 is 0 Å². The van der Waals surface area contributed by atoms with Gasteiger partial charge in [-0.2, -0.15) is 0 Å². The SMILES string of the molecule is CC(=O)c1cc(CN2CCC[C@H](CCC(=O)N3CCN(c4ccccn4)CC3)C2)cs1. The second-order valence-electron chi connectivity index (χ2n) is 8.71. The second kappa shape index (κ2) is 10.4. The Labute approximate surface area is 188 Å². The van der Waals surface area contributed by atoms with Gasteiger partial charge in [0, 0.05) is 51.9 Å². The van der Waals surface area contributed by atoms with Gasteiger partial charge in [-0.15, -0.1) is 11.3 Å². The van der Waals surface area contributed by atoms with Crippen molar-refractivity contribution in [1.82, 2.24) is 14.8 Å². The molecule has 7 heteroatoms. The lowest BCUT2D eigenvalue weighted by Crippen LogP contribution is -2.49. The Morgan fingerprint density at radius 1 is 1.16 bits per heavy atom. The number of nitrogens with zero attached hydrogens (tertiary/aromatic N) is 4. The topological polar surface area (TPSA) is 56.8 Å². The van der Waals surface area contributed by atoms with E-state index in [0.717, 1.165) is 62.9 Å². The number of ketones is 1. The van der Waals surface area contributed by atoms with Crippen LogP contribution in [0.25, 0.3) is 0 Å². The van der Waals surface area contributed by atoms with E-state index in [-0.39, 0.29) is 5.78 Å². The summed E-state index contributed by atoms with van der Waals surface area (Å²) in [6, 6.07) is 8.00. The lowest BCUT2D eigenvalue weighted by molar-refractivity contribution is -0.131. The molecule has 2 aromatic rings. The summed E-state index contributed by atoms with van der Waals surface area (Å²) in [6.45, 7) is 7.94. The summed E-state index contributed by atoms with van der Waals surface area (Å²) < 4.78 is 0. The smallest absolute Gasteiger partial charge is 0.222 e. The van der Waals surface area contributed by atoms with Crippen LogP contribution in [0.3, 0.4) is 0 Å². The van der Waals surface area contributed by atoms with Gasteiger partial charge < -0.3 is 9.80 Å². The summed E-state index contributed by atoms with van der Waals surface area (Å²) in [4.78, 5) is 36.3. The Hall–Kier alpha value is -2.25. The first-order chi connectivity index (χ1) is 15.1. The van der Waals surface area contributed by atoms with Crippen LogP contribution in [0.1, 0.15) is 47.8 Å². The fourth-order valence-electron chi connectivity index (χ4n) is 4.64. The number of aromatic nitrogens is 1. The minimum absolute atomic E-state index is 0.146. The Kier molecular flexibility index (Phi) is 7.35. The van der Waals surface area contributed by atoms with E-state index in [1.165, 1.54) is 18.4 Å². The van der Waals surface area contributed by atoms with Crippen LogP contribution in [-0.2, 0) is 11.3 Å². The molecule has 0 N–H and O–H groups in total. The first kappa shape index (κ1) is 22.0. The quantitative estimate of drug-likeness (QED) is 0.615. The maximum atomic E-state index is 12.8. The van der Waals surface area contributed by atoms with Crippen LogP contribution >= 0.6 is 11.3 Å². The van der Waals surface area contributed by atoms with E-state index in [9.17, 15) is 9.59 Å². The third-order valence-electron chi connectivity index (χ3n) is 6.38. The van der Waals surface area contributed by atoms with Crippen molar-refractivity contribution in [3.05, 3.63) is 46.3 Å². The average molecular weight is 441 g/mol. The third kappa shape index (κ3) is 5.92. The summed E-state index contributed by atoms with van der Waals surface area (Å²) in [5.74, 6) is 2.02. The zero-order chi connectivity index (χ0) is 21.6. The summed E-state index contributed by atoms with van der Waals surface area (Å²) in [7, 11) is 0. The Morgan fingerprint density at radius 3 is 2.71 bits per heavy atom. The fraction of sp³-hybridized carbons (Fsp3) is 0.542. The van der Waals surface area contributed by atoms with Crippen LogP contribution < -0.4 is 4.90 Å². The molecule has 2 aromatic heterocycles. The molecule has 6 nitrogen and oxygen atoms in total. The van der Waals surface area contributed by atoms with Crippen molar-refractivity contribution in [2.75, 3.05) is 44.2 Å². The van der Waals surface area contributed by atoms with Gasteiger partial charge in [-0.25, -0.2) is 4.98 Å². The molecule has 4 rings (SSSR count). The van der Waals surface area contributed by atoms with Gasteiger partial charge >= 0.3 is 0 Å². The van der Waals surface area contributed by atoms with E-state index < -0.39 is 0 Å². The van der Waals surface area contributed by atoms with Gasteiger partial charge in [-0.05, 0) is 67.8 Å². The molecule has 1 amide bonds. The number of anilines is 1. The van der Waals surface area contributed by atoms with Gasteiger partial charge in [-0.3, -0.25) is 14.5 Å². The number of pyridine rings is 1. The van der Waals surface area contributed by atoms with Crippen molar-refractivity contribution in [3.63, 3.8) is 0 Å². The maximum absolute atomic E-state index is 12.8. The van der Waals surface area contributed by atoms with Crippen molar-refractivity contribution in [2.45, 2.75) is 39.2 Å². The monoisotopic (exact) mass is 440 g/mol. The lowest BCUT2D eigenvalue weighted by Gasteiger charge is -2.36. The Morgan fingerprint density at radius 2 is 2.00 bits per heavy atom. The highest BCUT2D eigenvalue weighted by Gasteiger charge is 2.25. The largest absolute Gasteiger partial charge is 0.353 e. The minimum atomic E-state index is 0.146. The third-order valence-corrected chi connectivity index (χ3v) is 7.46. The fourth-order valence-corrected chi connectivity index (χ4v) is 5.45. The normalized spacial score (nSPS) is 20.1. The number of piperazine rings is 1. The molecule has 4 heterocycles. The minimum Gasteiger partial charge on any atom is -0.353 e. The van der Waals surface area contributed by atoms with Crippen molar-refractivity contribution in [2.24, 2.45) is 5.92 Å². The molecular formula is C24H32N4O2S. The number of carbonyl (C=O) groups is 2. The molecule has 166 valence electrons. The Balaban J connectivity index is 1.20. The predicted octanol–water partition coefficient (Wildman–Crippen LogP) is 3.69.